The molecule has 3 aromatic rings. The molecular weight excluding hydrogens is 448 g/mol. The van der Waals surface area contributed by atoms with Gasteiger partial charge in [0.05, 0.1) is 16.8 Å². The van der Waals surface area contributed by atoms with E-state index in [0.29, 0.717) is 5.02 Å². The summed E-state index contributed by atoms with van der Waals surface area (Å²) >= 11 is 5.80. The molecule has 31 heavy (non-hydrogen) atoms. The molecule has 0 amide bonds. The first-order valence-electron chi connectivity index (χ1n) is 8.54. The van der Waals surface area contributed by atoms with E-state index in [2.05, 4.69) is 15.2 Å². The standard InChI is InChI=1S/C19H15ClN4O6S/c20-13-4-6-14(7-5-13)23-31(29,30)18-10-15(24(27)28)8-9-16(18)22-21-11-12-2-1-3-17(25)19(12)26/h1-11,22-23,25-26H/b21-11+. The first-order valence-corrected chi connectivity index (χ1v) is 10.4. The van der Waals surface area contributed by atoms with E-state index in [1.807, 2.05) is 0 Å². The molecule has 4 N–H and O–H groups in total. The highest BCUT2D eigenvalue weighted by Crippen LogP contribution is 2.29. The fraction of sp³-hybridized carbons (Fsp3) is 0. The van der Waals surface area contributed by atoms with Gasteiger partial charge in [0.2, 0.25) is 0 Å². The lowest BCUT2D eigenvalue weighted by Gasteiger charge is -2.12. The van der Waals surface area contributed by atoms with Gasteiger partial charge in [-0.2, -0.15) is 5.10 Å². The Morgan fingerprint density at radius 1 is 1.06 bits per heavy atom. The van der Waals surface area contributed by atoms with Gasteiger partial charge in [0.25, 0.3) is 15.7 Å². The molecule has 0 unspecified atom stereocenters. The van der Waals surface area contributed by atoms with Crippen molar-refractivity contribution in [1.82, 2.24) is 0 Å². The van der Waals surface area contributed by atoms with Gasteiger partial charge in [-0.1, -0.05) is 17.7 Å². The van der Waals surface area contributed by atoms with Crippen LogP contribution in [0.15, 0.2) is 70.7 Å². The number of phenols is 2. The lowest BCUT2D eigenvalue weighted by molar-refractivity contribution is -0.385. The minimum Gasteiger partial charge on any atom is -0.504 e. The Morgan fingerprint density at radius 2 is 1.77 bits per heavy atom. The maximum absolute atomic E-state index is 12.9. The minimum absolute atomic E-state index is 0.0528. The van der Waals surface area contributed by atoms with E-state index < -0.39 is 31.3 Å². The number of non-ortho nitro benzene ring substituents is 1. The molecule has 0 aliphatic carbocycles. The average molecular weight is 463 g/mol. The maximum atomic E-state index is 12.9. The zero-order valence-electron chi connectivity index (χ0n) is 15.6. The summed E-state index contributed by atoms with van der Waals surface area (Å²) in [4.78, 5) is 9.98. The number of hydrogen-bond donors (Lipinski definition) is 4. The Hall–Kier alpha value is -3.83. The van der Waals surface area contributed by atoms with Crippen molar-refractivity contribution in [2.75, 3.05) is 10.1 Å². The quantitative estimate of drug-likeness (QED) is 0.179. The molecule has 0 spiro atoms. The van der Waals surface area contributed by atoms with E-state index in [9.17, 15) is 28.7 Å². The van der Waals surface area contributed by atoms with Crippen LogP contribution >= 0.6 is 11.6 Å². The molecule has 3 aromatic carbocycles. The van der Waals surface area contributed by atoms with E-state index in [-0.39, 0.29) is 22.7 Å². The number of phenolic OH excluding ortho intramolecular Hbond substituents is 2. The highest BCUT2D eigenvalue weighted by Gasteiger charge is 2.22. The molecule has 0 aliphatic rings. The molecule has 0 saturated heterocycles. The summed E-state index contributed by atoms with van der Waals surface area (Å²) in [6, 6.07) is 13.3. The second kappa shape index (κ2) is 8.90. The topological polar surface area (TPSA) is 154 Å². The number of hydrogen-bond acceptors (Lipinski definition) is 8. The van der Waals surface area contributed by atoms with E-state index in [1.165, 1.54) is 48.5 Å². The summed E-state index contributed by atoms with van der Waals surface area (Å²) < 4.78 is 28.1. The molecule has 0 heterocycles. The van der Waals surface area contributed by atoms with Gasteiger partial charge in [-0.3, -0.25) is 20.3 Å². The molecule has 3 rings (SSSR count). The van der Waals surface area contributed by atoms with Gasteiger partial charge in [0, 0.05) is 28.4 Å². The molecule has 0 bridgehead atoms. The van der Waals surface area contributed by atoms with Crippen molar-refractivity contribution in [3.05, 3.63) is 81.4 Å². The van der Waals surface area contributed by atoms with Gasteiger partial charge >= 0.3 is 0 Å². The van der Waals surface area contributed by atoms with Crippen molar-refractivity contribution >= 4 is 44.9 Å². The van der Waals surface area contributed by atoms with Crippen molar-refractivity contribution < 1.29 is 23.6 Å². The predicted molar refractivity (Wildman–Crippen MR) is 116 cm³/mol. The lowest BCUT2D eigenvalue weighted by Crippen LogP contribution is -2.15. The number of nitro benzene ring substituents is 1. The zero-order valence-corrected chi connectivity index (χ0v) is 17.1. The first-order chi connectivity index (χ1) is 14.7. The number of sulfonamides is 1. The van der Waals surface area contributed by atoms with Gasteiger partial charge in [-0.25, -0.2) is 8.42 Å². The van der Waals surface area contributed by atoms with Crippen molar-refractivity contribution in [2.24, 2.45) is 5.10 Å². The van der Waals surface area contributed by atoms with Crippen LogP contribution in [0, 0.1) is 10.1 Å². The highest BCUT2D eigenvalue weighted by atomic mass is 35.5. The number of anilines is 2. The van der Waals surface area contributed by atoms with Crippen LogP contribution < -0.4 is 10.1 Å². The molecular formula is C19H15ClN4O6S. The summed E-state index contributed by atoms with van der Waals surface area (Å²) in [6.45, 7) is 0. The van der Waals surface area contributed by atoms with Crippen molar-refractivity contribution in [1.29, 1.82) is 0 Å². The summed E-state index contributed by atoms with van der Waals surface area (Å²) in [5.74, 6) is -0.760. The second-order valence-corrected chi connectivity index (χ2v) is 8.22. The van der Waals surface area contributed by atoms with Gasteiger partial charge in [0.1, 0.15) is 4.90 Å². The molecule has 0 radical (unpaired) electrons. The fourth-order valence-electron chi connectivity index (χ4n) is 2.49. The summed E-state index contributed by atoms with van der Waals surface area (Å²) in [7, 11) is -4.25. The Labute approximate surface area is 181 Å². The number of nitro groups is 1. The van der Waals surface area contributed by atoms with Crippen LogP contribution in [0.1, 0.15) is 5.56 Å². The number of benzene rings is 3. The third-order valence-electron chi connectivity index (χ3n) is 4.00. The Balaban J connectivity index is 1.95. The molecule has 12 heteroatoms. The van der Waals surface area contributed by atoms with Crippen molar-refractivity contribution in [3.63, 3.8) is 0 Å². The number of rotatable bonds is 7. The fourth-order valence-corrected chi connectivity index (χ4v) is 3.85. The van der Waals surface area contributed by atoms with Crippen molar-refractivity contribution in [2.45, 2.75) is 4.90 Å². The molecule has 0 fully saturated rings. The third-order valence-corrected chi connectivity index (χ3v) is 5.67. The van der Waals surface area contributed by atoms with E-state index in [0.717, 1.165) is 18.3 Å². The Morgan fingerprint density at radius 3 is 2.45 bits per heavy atom. The van der Waals surface area contributed by atoms with Gasteiger partial charge < -0.3 is 10.2 Å². The number of aromatic hydroxyl groups is 2. The maximum Gasteiger partial charge on any atom is 0.270 e. The summed E-state index contributed by atoms with van der Waals surface area (Å²) in [5.41, 5.74) is 2.37. The van der Waals surface area contributed by atoms with E-state index >= 15 is 0 Å². The van der Waals surface area contributed by atoms with E-state index in [1.54, 1.807) is 0 Å². The number of nitrogens with one attached hydrogen (secondary N) is 2. The zero-order chi connectivity index (χ0) is 22.6. The lowest BCUT2D eigenvalue weighted by atomic mass is 10.2. The molecule has 0 saturated carbocycles. The van der Waals surface area contributed by atoms with Gasteiger partial charge in [0.15, 0.2) is 11.5 Å². The van der Waals surface area contributed by atoms with Crippen LogP contribution in [0.3, 0.4) is 0 Å². The van der Waals surface area contributed by atoms with Crippen molar-refractivity contribution in [3.8, 4) is 11.5 Å². The van der Waals surface area contributed by atoms with Crippen LogP contribution in [-0.2, 0) is 10.0 Å². The molecule has 0 aromatic heterocycles. The monoisotopic (exact) mass is 462 g/mol. The molecule has 160 valence electrons. The van der Waals surface area contributed by atoms with E-state index in [4.69, 9.17) is 11.6 Å². The summed E-state index contributed by atoms with van der Waals surface area (Å²) in [5, 5.41) is 34.7. The van der Waals surface area contributed by atoms with Crippen LogP contribution in [-0.4, -0.2) is 29.8 Å². The molecule has 0 aliphatic heterocycles. The molecule has 0 atom stereocenters. The third kappa shape index (κ3) is 5.21. The SMILES string of the molecule is O=[N+]([O-])c1ccc(N/N=C/c2cccc(O)c2O)c(S(=O)(=O)Nc2ccc(Cl)cc2)c1. The normalized spacial score (nSPS) is 11.4. The molecule has 10 nitrogen and oxygen atoms in total. The number of para-hydroxylation sites is 1. The Bertz CT molecular complexity index is 1260. The average Bonchev–Trinajstić information content (AvgIpc) is 2.72. The van der Waals surface area contributed by atoms with Crippen LogP contribution in [0.25, 0.3) is 0 Å². The number of nitrogens with zero attached hydrogens (tertiary/aromatic N) is 2. The van der Waals surface area contributed by atoms with Gasteiger partial charge in [-0.05, 0) is 42.5 Å². The van der Waals surface area contributed by atoms with Crippen LogP contribution in [0.2, 0.25) is 5.02 Å². The van der Waals surface area contributed by atoms with Crippen LogP contribution in [0.4, 0.5) is 17.1 Å². The smallest absolute Gasteiger partial charge is 0.270 e. The highest BCUT2D eigenvalue weighted by molar-refractivity contribution is 7.92. The predicted octanol–water partition coefficient (Wildman–Crippen LogP) is 3.91. The minimum atomic E-state index is -4.25. The van der Waals surface area contributed by atoms with Crippen LogP contribution in [0.5, 0.6) is 11.5 Å². The second-order valence-electron chi connectivity index (χ2n) is 6.13. The largest absolute Gasteiger partial charge is 0.504 e. The number of halogens is 1. The van der Waals surface area contributed by atoms with Gasteiger partial charge in [-0.15, -0.1) is 0 Å². The Kier molecular flexibility index (Phi) is 6.28. The first kappa shape index (κ1) is 21.9. The summed E-state index contributed by atoms with van der Waals surface area (Å²) in [6.07, 6.45) is 1.15. The number of hydrazone groups is 1.